The Morgan fingerprint density at radius 1 is 0.760 bits per heavy atom. The molecule has 0 aromatic heterocycles. The Kier molecular flexibility index (Phi) is 4.30. The molecule has 3 nitrogen and oxygen atoms in total. The molecule has 2 aliphatic heterocycles. The summed E-state index contributed by atoms with van der Waals surface area (Å²) >= 11 is 0. The summed E-state index contributed by atoms with van der Waals surface area (Å²) in [5, 5.41) is 0. The fourth-order valence-corrected chi connectivity index (χ4v) is 3.34. The first-order chi connectivity index (χ1) is 12.0. The number of rotatable bonds is 6. The van der Waals surface area contributed by atoms with Gasteiger partial charge < -0.3 is 14.2 Å². The Balaban J connectivity index is 1.70. The van der Waals surface area contributed by atoms with Crippen molar-refractivity contribution in [3.8, 4) is 11.5 Å². The lowest BCUT2D eigenvalue weighted by molar-refractivity contribution is 0.398. The zero-order valence-corrected chi connectivity index (χ0v) is 15.5. The van der Waals surface area contributed by atoms with Crippen LogP contribution in [-0.2, 0) is 22.3 Å². The minimum Gasteiger partial charge on any atom is -0.457 e. The van der Waals surface area contributed by atoms with E-state index in [2.05, 4.69) is 52.0 Å². The van der Waals surface area contributed by atoms with E-state index in [-0.39, 0.29) is 0 Å². The molecule has 0 radical (unpaired) electrons. The van der Waals surface area contributed by atoms with Crippen LogP contribution in [0.15, 0.2) is 24.3 Å². The summed E-state index contributed by atoms with van der Waals surface area (Å²) < 4.78 is 17.4. The fraction of sp³-hybridized carbons (Fsp3) is 0.455. The van der Waals surface area contributed by atoms with Crippen LogP contribution in [0, 0.1) is 27.7 Å². The lowest BCUT2D eigenvalue weighted by Crippen LogP contribution is -2.05. The van der Waals surface area contributed by atoms with E-state index < -0.39 is 0 Å². The maximum atomic E-state index is 6.46. The molecule has 0 amide bonds. The van der Waals surface area contributed by atoms with E-state index in [0.29, 0.717) is 12.2 Å². The van der Waals surface area contributed by atoms with E-state index in [4.69, 9.17) is 14.2 Å². The van der Waals surface area contributed by atoms with Gasteiger partial charge in [0.2, 0.25) is 0 Å². The molecule has 4 rings (SSSR count). The van der Waals surface area contributed by atoms with Crippen molar-refractivity contribution < 1.29 is 14.2 Å². The highest BCUT2D eigenvalue weighted by Gasteiger charge is 2.28. The first-order valence-electron chi connectivity index (χ1n) is 9.12. The Morgan fingerprint density at radius 2 is 1.16 bits per heavy atom. The molecule has 2 aromatic carbocycles. The fourth-order valence-electron chi connectivity index (χ4n) is 3.34. The van der Waals surface area contributed by atoms with Gasteiger partial charge in [0.15, 0.2) is 0 Å². The van der Waals surface area contributed by atoms with Crippen LogP contribution in [-0.4, -0.2) is 25.4 Å². The molecular weight excluding hydrogens is 312 g/mol. The Labute approximate surface area is 149 Å². The van der Waals surface area contributed by atoms with Crippen molar-refractivity contribution in [1.29, 1.82) is 0 Å². The second kappa shape index (κ2) is 6.47. The van der Waals surface area contributed by atoms with Crippen molar-refractivity contribution in [2.45, 2.75) is 52.7 Å². The average molecular weight is 338 g/mol. The molecule has 0 bridgehead atoms. The summed E-state index contributed by atoms with van der Waals surface area (Å²) in [7, 11) is 0. The van der Waals surface area contributed by atoms with Gasteiger partial charge in [-0.05, 0) is 62.1 Å². The van der Waals surface area contributed by atoms with Crippen molar-refractivity contribution in [2.24, 2.45) is 0 Å². The molecule has 0 spiro atoms. The summed E-state index contributed by atoms with van der Waals surface area (Å²) in [6.07, 6.45) is 2.55. The van der Waals surface area contributed by atoms with E-state index in [1.807, 2.05) is 0 Å². The Bertz CT molecular complexity index is 734. The third-order valence-electron chi connectivity index (χ3n) is 5.54. The van der Waals surface area contributed by atoms with E-state index in [9.17, 15) is 0 Å². The smallest absolute Gasteiger partial charge is 0.131 e. The van der Waals surface area contributed by atoms with Gasteiger partial charge in [0.05, 0.1) is 25.4 Å². The highest BCUT2D eigenvalue weighted by atomic mass is 16.6. The standard InChI is InChI=1S/C22H26O3/c1-13-5-7-21(19(15(13)3)9-17-11-23-17)25-22-8-6-14(2)16(4)20(22)10-18-12-24-18/h5-8,17-18H,9-12H2,1-4H3/t17-,18-/m0/s1. The highest BCUT2D eigenvalue weighted by molar-refractivity contribution is 5.50. The van der Waals surface area contributed by atoms with Crippen molar-refractivity contribution >= 4 is 0 Å². The molecule has 0 saturated carbocycles. The van der Waals surface area contributed by atoms with Crippen LogP contribution in [0.4, 0.5) is 0 Å². The van der Waals surface area contributed by atoms with Crippen LogP contribution in [0.5, 0.6) is 11.5 Å². The van der Waals surface area contributed by atoms with E-state index in [1.54, 1.807) is 0 Å². The number of hydrogen-bond acceptors (Lipinski definition) is 3. The van der Waals surface area contributed by atoms with Crippen LogP contribution < -0.4 is 4.74 Å². The SMILES string of the molecule is Cc1ccc(Oc2ccc(C)c(C)c2C[C@H]2CO2)c(C[C@H]2CO2)c1C. The lowest BCUT2D eigenvalue weighted by atomic mass is 9.97. The highest BCUT2D eigenvalue weighted by Crippen LogP contribution is 2.36. The predicted molar refractivity (Wildman–Crippen MR) is 98.8 cm³/mol. The number of ether oxygens (including phenoxy) is 3. The van der Waals surface area contributed by atoms with Crippen LogP contribution in [0.1, 0.15) is 33.4 Å². The molecular formula is C22H26O3. The van der Waals surface area contributed by atoms with Crippen molar-refractivity contribution in [1.82, 2.24) is 0 Å². The van der Waals surface area contributed by atoms with Crippen molar-refractivity contribution in [3.05, 3.63) is 57.6 Å². The molecule has 132 valence electrons. The lowest BCUT2D eigenvalue weighted by Gasteiger charge is -2.19. The predicted octanol–water partition coefficient (Wildman–Crippen LogP) is 4.60. The summed E-state index contributed by atoms with van der Waals surface area (Å²) in [5.41, 5.74) is 7.76. The minimum atomic E-state index is 0.349. The minimum absolute atomic E-state index is 0.349. The maximum Gasteiger partial charge on any atom is 0.131 e. The van der Waals surface area contributed by atoms with Gasteiger partial charge in [0, 0.05) is 24.0 Å². The normalized spacial score (nSPS) is 21.3. The molecule has 3 heteroatoms. The van der Waals surface area contributed by atoms with Crippen molar-refractivity contribution in [2.75, 3.05) is 13.2 Å². The monoisotopic (exact) mass is 338 g/mol. The van der Waals surface area contributed by atoms with Gasteiger partial charge in [0.25, 0.3) is 0 Å². The molecule has 2 aliphatic rings. The molecule has 2 saturated heterocycles. The van der Waals surface area contributed by atoms with Gasteiger partial charge >= 0.3 is 0 Å². The second-order valence-electron chi connectivity index (χ2n) is 7.39. The average Bonchev–Trinajstić information content (AvgIpc) is 3.49. The van der Waals surface area contributed by atoms with Gasteiger partial charge in [-0.15, -0.1) is 0 Å². The first kappa shape index (κ1) is 16.6. The molecule has 2 fully saturated rings. The number of aryl methyl sites for hydroxylation is 2. The van der Waals surface area contributed by atoms with Gasteiger partial charge in [-0.3, -0.25) is 0 Å². The topological polar surface area (TPSA) is 34.3 Å². The summed E-state index contributed by atoms with van der Waals surface area (Å²) in [5.74, 6) is 1.92. The van der Waals surface area contributed by atoms with E-state index >= 15 is 0 Å². The van der Waals surface area contributed by atoms with E-state index in [0.717, 1.165) is 37.6 Å². The molecule has 0 unspecified atom stereocenters. The van der Waals surface area contributed by atoms with Crippen LogP contribution in [0.2, 0.25) is 0 Å². The van der Waals surface area contributed by atoms with Crippen molar-refractivity contribution in [3.63, 3.8) is 0 Å². The third kappa shape index (κ3) is 3.58. The van der Waals surface area contributed by atoms with Crippen LogP contribution in [0.25, 0.3) is 0 Å². The quantitative estimate of drug-likeness (QED) is 0.722. The summed E-state index contributed by atoms with van der Waals surface area (Å²) in [4.78, 5) is 0. The summed E-state index contributed by atoms with van der Waals surface area (Å²) in [6.45, 7) is 10.4. The van der Waals surface area contributed by atoms with Crippen LogP contribution >= 0.6 is 0 Å². The van der Waals surface area contributed by atoms with Gasteiger partial charge in [0.1, 0.15) is 11.5 Å². The Morgan fingerprint density at radius 3 is 1.52 bits per heavy atom. The van der Waals surface area contributed by atoms with E-state index in [1.165, 1.54) is 33.4 Å². The number of hydrogen-bond donors (Lipinski definition) is 0. The number of epoxide rings is 2. The van der Waals surface area contributed by atoms with Crippen LogP contribution in [0.3, 0.4) is 0 Å². The van der Waals surface area contributed by atoms with Gasteiger partial charge in [-0.25, -0.2) is 0 Å². The van der Waals surface area contributed by atoms with Gasteiger partial charge in [-0.2, -0.15) is 0 Å². The third-order valence-corrected chi connectivity index (χ3v) is 5.54. The zero-order chi connectivity index (χ0) is 17.6. The molecule has 0 aliphatic carbocycles. The van der Waals surface area contributed by atoms with Gasteiger partial charge in [-0.1, -0.05) is 12.1 Å². The molecule has 0 N–H and O–H groups in total. The number of benzene rings is 2. The zero-order valence-electron chi connectivity index (χ0n) is 15.5. The maximum absolute atomic E-state index is 6.46. The largest absolute Gasteiger partial charge is 0.457 e. The molecule has 2 heterocycles. The molecule has 2 aromatic rings. The summed E-state index contributed by atoms with van der Waals surface area (Å²) in [6, 6.07) is 8.50. The Hall–Kier alpha value is -1.84. The first-order valence-corrected chi connectivity index (χ1v) is 9.12. The molecule has 25 heavy (non-hydrogen) atoms. The molecule has 2 atom stereocenters. The second-order valence-corrected chi connectivity index (χ2v) is 7.39.